The van der Waals surface area contributed by atoms with Gasteiger partial charge in [-0.1, -0.05) is 11.6 Å². The van der Waals surface area contributed by atoms with Crippen molar-refractivity contribution in [1.29, 1.82) is 0 Å². The highest BCUT2D eigenvalue weighted by atomic mass is 79.9. The average Bonchev–Trinajstić information content (AvgIpc) is 3.08. The second-order valence-electron chi connectivity index (χ2n) is 5.96. The van der Waals surface area contributed by atoms with Crippen molar-refractivity contribution in [3.8, 4) is 5.75 Å². The molecule has 1 fully saturated rings. The summed E-state index contributed by atoms with van der Waals surface area (Å²) >= 11 is 9.69. The minimum atomic E-state index is -0.0520. The molecule has 1 aliphatic heterocycles. The molecule has 3 heterocycles. The maximum Gasteiger partial charge on any atom is 0.200 e. The molecule has 1 N–H and O–H groups in total. The number of halogens is 2. The third kappa shape index (κ3) is 3.36. The molecule has 3 aromatic rings. The number of anilines is 2. The van der Waals surface area contributed by atoms with Crippen LogP contribution in [0, 0.1) is 0 Å². The summed E-state index contributed by atoms with van der Waals surface area (Å²) in [4.78, 5) is 13.4. The Morgan fingerprint density at radius 3 is 3.00 bits per heavy atom. The average molecular weight is 439 g/mol. The van der Waals surface area contributed by atoms with Crippen LogP contribution in [0.25, 0.3) is 11.2 Å². The Morgan fingerprint density at radius 2 is 2.23 bits per heavy atom. The van der Waals surface area contributed by atoms with Gasteiger partial charge in [0.2, 0.25) is 4.73 Å². The Labute approximate surface area is 163 Å². The van der Waals surface area contributed by atoms with Crippen molar-refractivity contribution in [3.05, 3.63) is 34.3 Å². The van der Waals surface area contributed by atoms with E-state index >= 15 is 0 Å². The summed E-state index contributed by atoms with van der Waals surface area (Å²) in [7, 11) is 1.61. The lowest BCUT2D eigenvalue weighted by molar-refractivity contribution is -0.0298. The van der Waals surface area contributed by atoms with E-state index in [0.29, 0.717) is 38.2 Å². The van der Waals surface area contributed by atoms with E-state index in [0.717, 1.165) is 25.9 Å². The number of fused-ring (bicyclic) bond motifs is 1. The number of aromatic nitrogens is 4. The van der Waals surface area contributed by atoms with Gasteiger partial charge in [-0.05, 0) is 47.3 Å². The first-order chi connectivity index (χ1) is 12.7. The Morgan fingerprint density at radius 1 is 1.35 bits per heavy atom. The molecule has 1 unspecified atom stereocenters. The number of hydrogen-bond donors (Lipinski definition) is 1. The molecule has 4 rings (SSSR count). The molecule has 0 aliphatic carbocycles. The van der Waals surface area contributed by atoms with Crippen LogP contribution >= 0.6 is 27.5 Å². The molecule has 1 aliphatic rings. The van der Waals surface area contributed by atoms with Gasteiger partial charge in [-0.3, -0.25) is 4.57 Å². The van der Waals surface area contributed by atoms with Crippen molar-refractivity contribution in [2.45, 2.75) is 25.5 Å². The fourth-order valence-electron chi connectivity index (χ4n) is 2.99. The molecule has 1 atom stereocenters. The molecule has 1 aromatic carbocycles. The first kappa shape index (κ1) is 17.5. The van der Waals surface area contributed by atoms with Gasteiger partial charge in [0.1, 0.15) is 12.0 Å². The first-order valence-electron chi connectivity index (χ1n) is 8.28. The highest BCUT2D eigenvalue weighted by Crippen LogP contribution is 2.33. The topological polar surface area (TPSA) is 74.1 Å². The van der Waals surface area contributed by atoms with E-state index in [1.54, 1.807) is 25.6 Å². The van der Waals surface area contributed by atoms with Crippen LogP contribution in [0.2, 0.25) is 5.02 Å². The molecule has 26 heavy (non-hydrogen) atoms. The molecule has 0 spiro atoms. The minimum absolute atomic E-state index is 0.0520. The molecule has 2 aromatic heterocycles. The van der Waals surface area contributed by atoms with E-state index in [1.165, 1.54) is 0 Å². The lowest BCUT2D eigenvalue weighted by atomic mass is 10.2. The van der Waals surface area contributed by atoms with Gasteiger partial charge >= 0.3 is 0 Å². The minimum Gasteiger partial charge on any atom is -0.497 e. The van der Waals surface area contributed by atoms with Crippen LogP contribution in [0.5, 0.6) is 5.75 Å². The van der Waals surface area contributed by atoms with Gasteiger partial charge in [-0.2, -0.15) is 0 Å². The molecule has 0 bridgehead atoms. The van der Waals surface area contributed by atoms with E-state index < -0.39 is 0 Å². The van der Waals surface area contributed by atoms with Crippen molar-refractivity contribution >= 4 is 50.2 Å². The summed E-state index contributed by atoms with van der Waals surface area (Å²) in [6, 6.07) is 5.38. The SMILES string of the molecule is COc1ccc(Cl)c(Nc2nc(Br)nc3c2ncn3C2CCCCO2)c1. The van der Waals surface area contributed by atoms with Gasteiger partial charge in [-0.15, -0.1) is 0 Å². The largest absolute Gasteiger partial charge is 0.497 e. The summed E-state index contributed by atoms with van der Waals surface area (Å²) in [5.41, 5.74) is 2.04. The standard InChI is InChI=1S/C17H17BrClN5O2/c1-25-10-5-6-11(19)12(8-10)21-15-14-16(23-17(18)22-15)24(9-20-14)13-4-2-3-7-26-13/h5-6,8-9,13H,2-4,7H2,1H3,(H,21,22,23). The predicted molar refractivity (Wildman–Crippen MR) is 103 cm³/mol. The summed E-state index contributed by atoms with van der Waals surface area (Å²) in [6.45, 7) is 0.751. The van der Waals surface area contributed by atoms with Crippen LogP contribution in [0.1, 0.15) is 25.5 Å². The molecular formula is C17H17BrClN5O2. The van der Waals surface area contributed by atoms with Gasteiger partial charge < -0.3 is 14.8 Å². The molecule has 1 saturated heterocycles. The third-order valence-electron chi connectivity index (χ3n) is 4.29. The molecule has 136 valence electrons. The molecule has 0 saturated carbocycles. The monoisotopic (exact) mass is 437 g/mol. The van der Waals surface area contributed by atoms with Crippen molar-refractivity contribution in [1.82, 2.24) is 19.5 Å². The van der Waals surface area contributed by atoms with Crippen LogP contribution in [0.3, 0.4) is 0 Å². The van der Waals surface area contributed by atoms with Crippen molar-refractivity contribution in [2.75, 3.05) is 19.0 Å². The lowest BCUT2D eigenvalue weighted by Gasteiger charge is -2.23. The zero-order chi connectivity index (χ0) is 18.1. The fraction of sp³-hybridized carbons (Fsp3) is 0.353. The molecule has 9 heteroatoms. The first-order valence-corrected chi connectivity index (χ1v) is 9.45. The molecule has 7 nitrogen and oxygen atoms in total. The lowest BCUT2D eigenvalue weighted by Crippen LogP contribution is -2.17. The predicted octanol–water partition coefficient (Wildman–Crippen LogP) is 4.69. The second-order valence-corrected chi connectivity index (χ2v) is 7.07. The fourth-order valence-corrected chi connectivity index (χ4v) is 3.50. The van der Waals surface area contributed by atoms with Crippen molar-refractivity contribution in [2.24, 2.45) is 0 Å². The Bertz CT molecular complexity index is 942. The van der Waals surface area contributed by atoms with E-state index in [4.69, 9.17) is 21.1 Å². The van der Waals surface area contributed by atoms with Gasteiger partial charge in [0.15, 0.2) is 17.0 Å². The van der Waals surface area contributed by atoms with Crippen LogP contribution in [0.15, 0.2) is 29.3 Å². The number of nitrogens with zero attached hydrogens (tertiary/aromatic N) is 4. The third-order valence-corrected chi connectivity index (χ3v) is 4.97. The number of methoxy groups -OCH3 is 1. The van der Waals surface area contributed by atoms with E-state index in [1.807, 2.05) is 10.6 Å². The summed E-state index contributed by atoms with van der Waals surface area (Å²) in [5.74, 6) is 1.26. The maximum absolute atomic E-state index is 6.30. The number of rotatable bonds is 4. The van der Waals surface area contributed by atoms with Crippen LogP contribution in [0.4, 0.5) is 11.5 Å². The van der Waals surface area contributed by atoms with E-state index in [9.17, 15) is 0 Å². The smallest absolute Gasteiger partial charge is 0.200 e. The zero-order valence-corrected chi connectivity index (χ0v) is 16.4. The molecular weight excluding hydrogens is 422 g/mol. The normalized spacial score (nSPS) is 17.4. The van der Waals surface area contributed by atoms with Gasteiger partial charge in [0, 0.05) is 12.7 Å². The van der Waals surface area contributed by atoms with E-state index in [-0.39, 0.29) is 6.23 Å². The zero-order valence-electron chi connectivity index (χ0n) is 14.1. The second kappa shape index (κ2) is 7.38. The Balaban J connectivity index is 1.75. The molecule has 0 radical (unpaired) electrons. The number of hydrogen-bond acceptors (Lipinski definition) is 6. The summed E-state index contributed by atoms with van der Waals surface area (Å²) in [5, 5.41) is 3.80. The van der Waals surface area contributed by atoms with E-state index in [2.05, 4.69) is 36.2 Å². The Hall–Kier alpha value is -1.90. The highest BCUT2D eigenvalue weighted by molar-refractivity contribution is 9.10. The van der Waals surface area contributed by atoms with Gasteiger partial charge in [0.25, 0.3) is 0 Å². The van der Waals surface area contributed by atoms with Crippen molar-refractivity contribution in [3.63, 3.8) is 0 Å². The highest BCUT2D eigenvalue weighted by Gasteiger charge is 2.21. The number of nitrogens with one attached hydrogen (secondary N) is 1. The van der Waals surface area contributed by atoms with Crippen LogP contribution in [-0.4, -0.2) is 33.2 Å². The number of benzene rings is 1. The number of ether oxygens (including phenoxy) is 2. The van der Waals surface area contributed by atoms with Crippen LogP contribution < -0.4 is 10.1 Å². The van der Waals surface area contributed by atoms with Gasteiger partial charge in [0.05, 0.1) is 24.1 Å². The molecule has 0 amide bonds. The summed E-state index contributed by atoms with van der Waals surface area (Å²) in [6.07, 6.45) is 4.85. The quantitative estimate of drug-likeness (QED) is 0.596. The van der Waals surface area contributed by atoms with Crippen molar-refractivity contribution < 1.29 is 9.47 Å². The number of imidazole rings is 1. The van der Waals surface area contributed by atoms with Gasteiger partial charge in [-0.25, -0.2) is 15.0 Å². The van der Waals surface area contributed by atoms with Crippen LogP contribution in [-0.2, 0) is 4.74 Å². The maximum atomic E-state index is 6.30. The Kier molecular flexibility index (Phi) is 4.97. The summed E-state index contributed by atoms with van der Waals surface area (Å²) < 4.78 is 13.6.